The molecule has 1 N–H and O–H groups in total. The molecule has 0 saturated carbocycles. The van der Waals surface area contributed by atoms with Crippen LogP contribution in [0.2, 0.25) is 0 Å². The van der Waals surface area contributed by atoms with Crippen LogP contribution in [0.15, 0.2) is 18.2 Å². The van der Waals surface area contributed by atoms with Crippen LogP contribution in [-0.2, 0) is 17.6 Å². The fourth-order valence-corrected chi connectivity index (χ4v) is 3.87. The normalized spacial score (nSPS) is 29.4. The first kappa shape index (κ1) is 13.4. The minimum absolute atomic E-state index is 0.238. The molecule has 1 heterocycles. The summed E-state index contributed by atoms with van der Waals surface area (Å²) in [5.74, 6) is 0.457. The predicted octanol–water partition coefficient (Wildman–Crippen LogP) is 1.81. The standard InChI is InChI=1S/C16H21NO3/c1-17-9-12(16(18)19)6-11-7-13-10(8-14(11)17)4-3-5-15(13)20-2/h3-5,11-12,14H,6-9H2,1-2H3,(H,18,19). The summed E-state index contributed by atoms with van der Waals surface area (Å²) in [6.07, 6.45) is 2.71. The quantitative estimate of drug-likeness (QED) is 0.894. The number of nitrogens with zero attached hydrogens (tertiary/aromatic N) is 1. The maximum Gasteiger partial charge on any atom is 0.307 e. The predicted molar refractivity (Wildman–Crippen MR) is 76.1 cm³/mol. The van der Waals surface area contributed by atoms with Gasteiger partial charge in [-0.05, 0) is 49.4 Å². The Hall–Kier alpha value is -1.55. The molecule has 3 atom stereocenters. The van der Waals surface area contributed by atoms with Gasteiger partial charge in [-0.2, -0.15) is 0 Å². The van der Waals surface area contributed by atoms with Crippen molar-refractivity contribution in [1.82, 2.24) is 4.90 Å². The molecule has 1 aliphatic carbocycles. The van der Waals surface area contributed by atoms with E-state index < -0.39 is 5.97 Å². The average molecular weight is 275 g/mol. The van der Waals surface area contributed by atoms with E-state index in [0.717, 1.165) is 25.0 Å². The Kier molecular flexibility index (Phi) is 3.42. The molecule has 1 aliphatic heterocycles. The first-order valence-corrected chi connectivity index (χ1v) is 7.18. The number of piperidine rings is 1. The number of carbonyl (C=O) groups is 1. The lowest BCUT2D eigenvalue weighted by atomic mass is 9.72. The number of hydrogen-bond donors (Lipinski definition) is 1. The van der Waals surface area contributed by atoms with Crippen molar-refractivity contribution in [2.24, 2.45) is 11.8 Å². The van der Waals surface area contributed by atoms with Crippen LogP contribution in [0.4, 0.5) is 0 Å². The number of carboxylic acid groups (broad SMARTS) is 1. The summed E-state index contributed by atoms with van der Waals surface area (Å²) in [5.41, 5.74) is 2.63. The van der Waals surface area contributed by atoms with Crippen LogP contribution < -0.4 is 4.74 Å². The van der Waals surface area contributed by atoms with E-state index in [9.17, 15) is 9.90 Å². The Morgan fingerprint density at radius 1 is 1.40 bits per heavy atom. The van der Waals surface area contributed by atoms with Crippen molar-refractivity contribution in [1.29, 1.82) is 0 Å². The fourth-order valence-electron chi connectivity index (χ4n) is 3.87. The molecule has 3 rings (SSSR count). The lowest BCUT2D eigenvalue weighted by Gasteiger charge is -2.45. The Morgan fingerprint density at radius 3 is 2.90 bits per heavy atom. The molecular formula is C16H21NO3. The first-order valence-electron chi connectivity index (χ1n) is 7.18. The van der Waals surface area contributed by atoms with E-state index in [2.05, 4.69) is 18.0 Å². The third kappa shape index (κ3) is 2.18. The highest BCUT2D eigenvalue weighted by Crippen LogP contribution is 2.39. The molecule has 1 aromatic carbocycles. The Bertz CT molecular complexity index is 528. The number of benzene rings is 1. The van der Waals surface area contributed by atoms with Crippen LogP contribution in [0.25, 0.3) is 0 Å². The number of aliphatic carboxylic acids is 1. The van der Waals surface area contributed by atoms with Gasteiger partial charge in [-0.1, -0.05) is 12.1 Å². The number of hydrogen-bond acceptors (Lipinski definition) is 3. The van der Waals surface area contributed by atoms with E-state index in [4.69, 9.17) is 4.74 Å². The first-order chi connectivity index (χ1) is 9.60. The zero-order chi connectivity index (χ0) is 14.3. The molecule has 1 aromatic rings. The van der Waals surface area contributed by atoms with Crippen LogP contribution in [0, 0.1) is 11.8 Å². The number of likely N-dealkylation sites (tertiary alicyclic amines) is 1. The molecule has 3 unspecified atom stereocenters. The number of ether oxygens (including phenoxy) is 1. The highest BCUT2D eigenvalue weighted by atomic mass is 16.5. The van der Waals surface area contributed by atoms with Crippen molar-refractivity contribution in [3.63, 3.8) is 0 Å². The van der Waals surface area contributed by atoms with Crippen molar-refractivity contribution in [2.75, 3.05) is 20.7 Å². The highest BCUT2D eigenvalue weighted by molar-refractivity contribution is 5.70. The lowest BCUT2D eigenvalue weighted by Crippen LogP contribution is -2.51. The summed E-state index contributed by atoms with van der Waals surface area (Å²) in [5, 5.41) is 9.29. The number of fused-ring (bicyclic) bond motifs is 2. The molecule has 0 radical (unpaired) electrons. The second kappa shape index (κ2) is 5.09. The van der Waals surface area contributed by atoms with Gasteiger partial charge in [-0.15, -0.1) is 0 Å². The lowest BCUT2D eigenvalue weighted by molar-refractivity contribution is -0.145. The second-order valence-corrected chi connectivity index (χ2v) is 6.04. The van der Waals surface area contributed by atoms with Crippen LogP contribution in [-0.4, -0.2) is 42.7 Å². The average Bonchev–Trinajstić information content (AvgIpc) is 2.44. The summed E-state index contributed by atoms with van der Waals surface area (Å²) >= 11 is 0. The van der Waals surface area contributed by atoms with Crippen LogP contribution in [0.3, 0.4) is 0 Å². The molecule has 4 nitrogen and oxygen atoms in total. The van der Waals surface area contributed by atoms with E-state index in [1.807, 2.05) is 12.1 Å². The van der Waals surface area contributed by atoms with Crippen LogP contribution in [0.5, 0.6) is 5.75 Å². The zero-order valence-electron chi connectivity index (χ0n) is 12.0. The third-order valence-electron chi connectivity index (χ3n) is 4.90. The molecule has 0 aromatic heterocycles. The molecule has 0 amide bonds. The van der Waals surface area contributed by atoms with Gasteiger partial charge < -0.3 is 14.7 Å². The van der Waals surface area contributed by atoms with Gasteiger partial charge in [0.15, 0.2) is 0 Å². The molecule has 1 saturated heterocycles. The Morgan fingerprint density at radius 2 is 2.20 bits per heavy atom. The van der Waals surface area contributed by atoms with E-state index >= 15 is 0 Å². The van der Waals surface area contributed by atoms with E-state index in [1.165, 1.54) is 11.1 Å². The molecule has 2 aliphatic rings. The topological polar surface area (TPSA) is 49.8 Å². The van der Waals surface area contributed by atoms with Crippen molar-refractivity contribution >= 4 is 5.97 Å². The van der Waals surface area contributed by atoms with Gasteiger partial charge in [0.2, 0.25) is 0 Å². The zero-order valence-corrected chi connectivity index (χ0v) is 12.0. The largest absolute Gasteiger partial charge is 0.496 e. The van der Waals surface area contributed by atoms with Gasteiger partial charge in [0.05, 0.1) is 13.0 Å². The van der Waals surface area contributed by atoms with Crippen molar-refractivity contribution in [3.8, 4) is 5.75 Å². The van der Waals surface area contributed by atoms with E-state index in [-0.39, 0.29) is 5.92 Å². The summed E-state index contributed by atoms with van der Waals surface area (Å²) < 4.78 is 5.46. The van der Waals surface area contributed by atoms with Gasteiger partial charge in [-0.3, -0.25) is 4.79 Å². The van der Waals surface area contributed by atoms with Gasteiger partial charge >= 0.3 is 5.97 Å². The summed E-state index contributed by atoms with van der Waals surface area (Å²) in [6, 6.07) is 6.68. The molecule has 4 heteroatoms. The fraction of sp³-hybridized carbons (Fsp3) is 0.562. The summed E-state index contributed by atoms with van der Waals surface area (Å²) in [7, 11) is 3.76. The van der Waals surface area contributed by atoms with Gasteiger partial charge in [0.25, 0.3) is 0 Å². The van der Waals surface area contributed by atoms with E-state index in [0.29, 0.717) is 18.5 Å². The van der Waals surface area contributed by atoms with Gasteiger partial charge in [0.1, 0.15) is 5.75 Å². The molecule has 0 bridgehead atoms. The van der Waals surface area contributed by atoms with Gasteiger partial charge in [-0.25, -0.2) is 0 Å². The minimum atomic E-state index is -0.666. The maximum absolute atomic E-state index is 11.3. The SMILES string of the molecule is COc1cccc2c1CC1CC(C(=O)O)CN(C)C1C2. The number of methoxy groups -OCH3 is 1. The smallest absolute Gasteiger partial charge is 0.307 e. The molecule has 108 valence electrons. The molecule has 1 fully saturated rings. The van der Waals surface area contributed by atoms with Crippen molar-refractivity contribution < 1.29 is 14.6 Å². The third-order valence-corrected chi connectivity index (χ3v) is 4.90. The van der Waals surface area contributed by atoms with Crippen LogP contribution in [0.1, 0.15) is 17.5 Å². The highest BCUT2D eigenvalue weighted by Gasteiger charge is 2.40. The van der Waals surface area contributed by atoms with Crippen LogP contribution >= 0.6 is 0 Å². The van der Waals surface area contributed by atoms with Crippen molar-refractivity contribution in [3.05, 3.63) is 29.3 Å². The number of likely N-dealkylation sites (N-methyl/N-ethyl adjacent to an activating group) is 1. The van der Waals surface area contributed by atoms with E-state index in [1.54, 1.807) is 7.11 Å². The molecular weight excluding hydrogens is 254 g/mol. The monoisotopic (exact) mass is 275 g/mol. The second-order valence-electron chi connectivity index (χ2n) is 6.04. The number of rotatable bonds is 2. The summed E-state index contributed by atoms with van der Waals surface area (Å²) in [6.45, 7) is 0.663. The maximum atomic E-state index is 11.3. The van der Waals surface area contributed by atoms with Gasteiger partial charge in [0, 0.05) is 12.6 Å². The molecule has 20 heavy (non-hydrogen) atoms. The van der Waals surface area contributed by atoms with Crippen molar-refractivity contribution in [2.45, 2.75) is 25.3 Å². The Balaban J connectivity index is 1.90. The Labute approximate surface area is 119 Å². The minimum Gasteiger partial charge on any atom is -0.496 e. The molecule has 0 spiro atoms. The summed E-state index contributed by atoms with van der Waals surface area (Å²) in [4.78, 5) is 13.5. The number of carboxylic acids is 1.